The van der Waals surface area contributed by atoms with E-state index in [4.69, 9.17) is 9.72 Å². The Morgan fingerprint density at radius 2 is 1.85 bits per heavy atom. The van der Waals surface area contributed by atoms with Crippen LogP contribution in [0.2, 0.25) is 0 Å². The van der Waals surface area contributed by atoms with Crippen molar-refractivity contribution in [1.29, 1.82) is 0 Å². The summed E-state index contributed by atoms with van der Waals surface area (Å²) in [6, 6.07) is 12.7. The molecule has 2 aromatic heterocycles. The van der Waals surface area contributed by atoms with Crippen molar-refractivity contribution in [3.63, 3.8) is 0 Å². The predicted molar refractivity (Wildman–Crippen MR) is 132 cm³/mol. The van der Waals surface area contributed by atoms with Gasteiger partial charge in [0.2, 0.25) is 0 Å². The number of nitrogens with one attached hydrogen (secondary N) is 1. The lowest BCUT2D eigenvalue weighted by Gasteiger charge is -2.29. The summed E-state index contributed by atoms with van der Waals surface area (Å²) >= 11 is 0. The number of benzene rings is 1. The molecule has 3 heterocycles. The minimum Gasteiger partial charge on any atom is -0.382 e. The van der Waals surface area contributed by atoms with Crippen molar-refractivity contribution in [1.82, 2.24) is 20.3 Å². The molecular formula is C27H29N5O. The van der Waals surface area contributed by atoms with Gasteiger partial charge in [-0.1, -0.05) is 49.9 Å². The maximum absolute atomic E-state index is 5.49. The zero-order valence-corrected chi connectivity index (χ0v) is 19.0. The first kappa shape index (κ1) is 21.3. The number of allylic oxidation sites excluding steroid dienone is 1. The van der Waals surface area contributed by atoms with Crippen molar-refractivity contribution in [2.45, 2.75) is 19.3 Å². The zero-order valence-electron chi connectivity index (χ0n) is 19.0. The summed E-state index contributed by atoms with van der Waals surface area (Å²) in [5, 5.41) is 3.39. The molecule has 0 bridgehead atoms. The fourth-order valence-electron chi connectivity index (χ4n) is 4.33. The Morgan fingerprint density at radius 1 is 1.09 bits per heavy atom. The van der Waals surface area contributed by atoms with Gasteiger partial charge in [0.15, 0.2) is 5.82 Å². The Hall–Kier alpha value is -3.51. The molecule has 3 aromatic rings. The number of nitrogens with zero attached hydrogens (tertiary/aromatic N) is 4. The maximum atomic E-state index is 5.49. The summed E-state index contributed by atoms with van der Waals surface area (Å²) in [7, 11) is 0. The lowest BCUT2D eigenvalue weighted by molar-refractivity contribution is 0.122. The van der Waals surface area contributed by atoms with E-state index in [0.717, 1.165) is 67.5 Å². The lowest BCUT2D eigenvalue weighted by atomic mass is 10.0. The monoisotopic (exact) mass is 439 g/mol. The van der Waals surface area contributed by atoms with Gasteiger partial charge in [-0.25, -0.2) is 9.97 Å². The number of hydrogen-bond acceptors (Lipinski definition) is 6. The molecule has 0 amide bonds. The van der Waals surface area contributed by atoms with Crippen LogP contribution in [0.3, 0.4) is 0 Å². The minimum absolute atomic E-state index is 0.371. The molecule has 168 valence electrons. The van der Waals surface area contributed by atoms with Crippen LogP contribution in [0.4, 0.5) is 5.69 Å². The standard InChI is InChI=1S/C27H29N5O/c1-19(21-6-4-3-5-7-21)15-28-20(2)27-30-16-22(17-31-27)24-8-9-26-25(24)14-23(18-29-26)32-10-12-33-13-11-32/h3-8,14,16-19,28H,2,9-13,15H2,1H3/t19-/m0/s1. The van der Waals surface area contributed by atoms with Crippen LogP contribution < -0.4 is 10.2 Å². The number of aromatic nitrogens is 3. The van der Waals surface area contributed by atoms with Gasteiger partial charge in [0.1, 0.15) is 0 Å². The van der Waals surface area contributed by atoms with E-state index in [2.05, 4.69) is 70.1 Å². The van der Waals surface area contributed by atoms with Gasteiger partial charge in [-0.05, 0) is 23.1 Å². The SMILES string of the molecule is C=C(NC[C@H](C)c1ccccc1)c1ncc(C2=CCc3ncc(N4CCOCC4)cc32)cn1. The highest BCUT2D eigenvalue weighted by molar-refractivity contribution is 5.84. The molecule has 5 rings (SSSR count). The van der Waals surface area contributed by atoms with Crippen molar-refractivity contribution >= 4 is 17.0 Å². The Labute approximate surface area is 195 Å². The molecule has 1 N–H and O–H groups in total. The second-order valence-electron chi connectivity index (χ2n) is 8.58. The largest absolute Gasteiger partial charge is 0.382 e. The van der Waals surface area contributed by atoms with Crippen LogP contribution in [0.25, 0.3) is 11.3 Å². The summed E-state index contributed by atoms with van der Waals surface area (Å²) in [5.74, 6) is 0.994. The quantitative estimate of drug-likeness (QED) is 0.599. The third-order valence-corrected chi connectivity index (χ3v) is 6.34. The van der Waals surface area contributed by atoms with Gasteiger partial charge in [-0.3, -0.25) is 4.98 Å². The highest BCUT2D eigenvalue weighted by atomic mass is 16.5. The zero-order chi connectivity index (χ0) is 22.6. The van der Waals surface area contributed by atoms with E-state index in [0.29, 0.717) is 11.7 Å². The van der Waals surface area contributed by atoms with Crippen LogP contribution >= 0.6 is 0 Å². The number of fused-ring (bicyclic) bond motifs is 1. The first-order chi connectivity index (χ1) is 16.2. The van der Waals surface area contributed by atoms with E-state index in [9.17, 15) is 0 Å². The normalized spacial score (nSPS) is 16.2. The number of morpholine rings is 1. The van der Waals surface area contributed by atoms with Crippen LogP contribution in [0.5, 0.6) is 0 Å². The molecule has 0 unspecified atom stereocenters. The third-order valence-electron chi connectivity index (χ3n) is 6.34. The van der Waals surface area contributed by atoms with Crippen LogP contribution in [-0.2, 0) is 11.2 Å². The Balaban J connectivity index is 1.26. The number of ether oxygens (including phenoxy) is 1. The summed E-state index contributed by atoms with van der Waals surface area (Å²) in [4.78, 5) is 16.2. The average molecular weight is 440 g/mol. The highest BCUT2D eigenvalue weighted by Gasteiger charge is 2.21. The molecule has 1 aromatic carbocycles. The molecular weight excluding hydrogens is 410 g/mol. The fraction of sp³-hybridized carbons (Fsp3) is 0.296. The highest BCUT2D eigenvalue weighted by Crippen LogP contribution is 2.33. The van der Waals surface area contributed by atoms with Crippen molar-refractivity contribution < 1.29 is 4.74 Å². The van der Waals surface area contributed by atoms with E-state index >= 15 is 0 Å². The molecule has 1 atom stereocenters. The molecule has 1 aliphatic heterocycles. The van der Waals surface area contributed by atoms with Crippen molar-refractivity contribution in [2.24, 2.45) is 0 Å². The minimum atomic E-state index is 0.371. The Morgan fingerprint density at radius 3 is 2.61 bits per heavy atom. The summed E-state index contributed by atoms with van der Waals surface area (Å²) in [6.07, 6.45) is 8.80. The Kier molecular flexibility index (Phi) is 6.17. The molecule has 6 nitrogen and oxygen atoms in total. The second kappa shape index (κ2) is 9.55. The first-order valence-corrected chi connectivity index (χ1v) is 11.5. The van der Waals surface area contributed by atoms with Gasteiger partial charge in [0.25, 0.3) is 0 Å². The van der Waals surface area contributed by atoms with Gasteiger partial charge in [-0.15, -0.1) is 0 Å². The molecule has 1 saturated heterocycles. The van der Waals surface area contributed by atoms with E-state index in [-0.39, 0.29) is 0 Å². The van der Waals surface area contributed by atoms with Crippen LogP contribution in [0, 0.1) is 0 Å². The van der Waals surface area contributed by atoms with E-state index in [1.165, 1.54) is 11.1 Å². The van der Waals surface area contributed by atoms with Crippen LogP contribution in [-0.4, -0.2) is 47.8 Å². The summed E-state index contributed by atoms with van der Waals surface area (Å²) < 4.78 is 5.49. The third kappa shape index (κ3) is 4.66. The van der Waals surface area contributed by atoms with Crippen LogP contribution in [0.15, 0.2) is 67.6 Å². The van der Waals surface area contributed by atoms with Crippen molar-refractivity contribution in [2.75, 3.05) is 37.7 Å². The summed E-state index contributed by atoms with van der Waals surface area (Å²) in [6.45, 7) is 10.4. The van der Waals surface area contributed by atoms with Gasteiger partial charge in [0.05, 0.1) is 36.5 Å². The first-order valence-electron chi connectivity index (χ1n) is 11.5. The molecule has 33 heavy (non-hydrogen) atoms. The number of pyridine rings is 1. The molecule has 6 heteroatoms. The second-order valence-corrected chi connectivity index (χ2v) is 8.58. The Bertz CT molecular complexity index is 1150. The fourth-order valence-corrected chi connectivity index (χ4v) is 4.33. The molecule has 1 fully saturated rings. The van der Waals surface area contributed by atoms with Gasteiger partial charge >= 0.3 is 0 Å². The number of rotatable bonds is 7. The van der Waals surface area contributed by atoms with Gasteiger partial charge < -0.3 is 15.0 Å². The van der Waals surface area contributed by atoms with Gasteiger partial charge in [-0.2, -0.15) is 0 Å². The molecule has 0 saturated carbocycles. The lowest BCUT2D eigenvalue weighted by Crippen LogP contribution is -2.36. The number of anilines is 1. The average Bonchev–Trinajstić information content (AvgIpc) is 3.31. The van der Waals surface area contributed by atoms with E-state index in [1.54, 1.807) is 0 Å². The number of hydrogen-bond donors (Lipinski definition) is 1. The summed E-state index contributed by atoms with van der Waals surface area (Å²) in [5.41, 5.74) is 7.61. The molecule has 1 aliphatic carbocycles. The van der Waals surface area contributed by atoms with E-state index < -0.39 is 0 Å². The van der Waals surface area contributed by atoms with Crippen LogP contribution in [0.1, 0.15) is 41.1 Å². The van der Waals surface area contributed by atoms with E-state index in [1.807, 2.05) is 24.7 Å². The molecule has 0 spiro atoms. The predicted octanol–water partition coefficient (Wildman–Crippen LogP) is 4.06. The smallest absolute Gasteiger partial charge is 0.174 e. The topological polar surface area (TPSA) is 63.2 Å². The molecule has 0 radical (unpaired) electrons. The maximum Gasteiger partial charge on any atom is 0.174 e. The van der Waals surface area contributed by atoms with Crippen molar-refractivity contribution in [3.8, 4) is 0 Å². The van der Waals surface area contributed by atoms with Crippen molar-refractivity contribution in [3.05, 3.63) is 95.9 Å². The molecule has 2 aliphatic rings. The van der Waals surface area contributed by atoms with Gasteiger partial charge in [0, 0.05) is 49.6 Å².